The first-order chi connectivity index (χ1) is 11.7. The van der Waals surface area contributed by atoms with Gasteiger partial charge in [0.2, 0.25) is 5.89 Å². The SMILES string of the molecule is CC(C)(C)c1coc(CNC(=O)N[C@@H]2C[C@H]2c2ccc(F)cc2F)n1. The van der Waals surface area contributed by atoms with Gasteiger partial charge >= 0.3 is 6.03 Å². The predicted molar refractivity (Wildman–Crippen MR) is 88.1 cm³/mol. The highest BCUT2D eigenvalue weighted by Gasteiger charge is 2.41. The molecule has 5 nitrogen and oxygen atoms in total. The van der Waals surface area contributed by atoms with Gasteiger partial charge < -0.3 is 15.1 Å². The Morgan fingerprint density at radius 3 is 2.76 bits per heavy atom. The molecule has 0 saturated heterocycles. The van der Waals surface area contributed by atoms with Crippen molar-refractivity contribution in [3.8, 4) is 0 Å². The third kappa shape index (κ3) is 4.15. The standard InChI is InChI=1S/C18H21F2N3O2/c1-18(2,3)15-9-25-16(23-15)8-21-17(24)22-14-7-12(14)11-5-4-10(19)6-13(11)20/h4-6,9,12,14H,7-8H2,1-3H3,(H2,21,22,24)/t12-,14+/m0/s1. The smallest absolute Gasteiger partial charge is 0.315 e. The van der Waals surface area contributed by atoms with Crippen LogP contribution in [0.5, 0.6) is 0 Å². The highest BCUT2D eigenvalue weighted by Crippen LogP contribution is 2.41. The number of urea groups is 1. The minimum absolute atomic E-state index is 0.121. The average molecular weight is 349 g/mol. The minimum atomic E-state index is -0.607. The molecule has 0 unspecified atom stereocenters. The molecule has 134 valence electrons. The number of hydrogen-bond donors (Lipinski definition) is 2. The third-order valence-electron chi connectivity index (χ3n) is 4.19. The van der Waals surface area contributed by atoms with Crippen LogP contribution in [0, 0.1) is 11.6 Å². The number of nitrogens with zero attached hydrogens (tertiary/aromatic N) is 1. The zero-order valence-corrected chi connectivity index (χ0v) is 14.4. The highest BCUT2D eigenvalue weighted by atomic mass is 19.1. The van der Waals surface area contributed by atoms with E-state index < -0.39 is 11.6 Å². The van der Waals surface area contributed by atoms with Crippen LogP contribution in [0.2, 0.25) is 0 Å². The Labute approximate surface area is 144 Å². The van der Waals surface area contributed by atoms with Crippen molar-refractivity contribution in [1.82, 2.24) is 15.6 Å². The second-order valence-corrected chi connectivity index (χ2v) is 7.32. The molecule has 1 heterocycles. The van der Waals surface area contributed by atoms with Gasteiger partial charge in [-0.05, 0) is 18.1 Å². The molecule has 1 aromatic heterocycles. The molecule has 0 aliphatic heterocycles. The number of halogens is 2. The van der Waals surface area contributed by atoms with E-state index in [0.29, 0.717) is 17.9 Å². The van der Waals surface area contributed by atoms with Crippen LogP contribution in [-0.2, 0) is 12.0 Å². The van der Waals surface area contributed by atoms with E-state index in [1.54, 1.807) is 6.26 Å². The number of carbonyl (C=O) groups excluding carboxylic acids is 1. The summed E-state index contributed by atoms with van der Waals surface area (Å²) in [4.78, 5) is 16.3. The Kier molecular flexibility index (Phi) is 4.49. The van der Waals surface area contributed by atoms with E-state index in [1.165, 1.54) is 12.1 Å². The Hall–Kier alpha value is -2.44. The number of carbonyl (C=O) groups is 1. The largest absolute Gasteiger partial charge is 0.447 e. The summed E-state index contributed by atoms with van der Waals surface area (Å²) in [5.41, 5.74) is 1.12. The molecule has 3 rings (SSSR count). The van der Waals surface area contributed by atoms with E-state index in [2.05, 4.69) is 15.6 Å². The summed E-state index contributed by atoms with van der Waals surface area (Å²) < 4.78 is 32.0. The van der Waals surface area contributed by atoms with E-state index in [0.717, 1.165) is 11.8 Å². The second-order valence-electron chi connectivity index (χ2n) is 7.32. The molecule has 2 N–H and O–H groups in total. The fourth-order valence-corrected chi connectivity index (χ4v) is 2.61. The monoisotopic (exact) mass is 349 g/mol. The van der Waals surface area contributed by atoms with Crippen molar-refractivity contribution in [2.24, 2.45) is 0 Å². The van der Waals surface area contributed by atoms with Crippen LogP contribution in [0.25, 0.3) is 0 Å². The number of benzene rings is 1. The maximum absolute atomic E-state index is 13.7. The lowest BCUT2D eigenvalue weighted by atomic mass is 9.93. The quantitative estimate of drug-likeness (QED) is 0.886. The van der Waals surface area contributed by atoms with E-state index >= 15 is 0 Å². The molecule has 1 aromatic carbocycles. The number of amides is 2. The van der Waals surface area contributed by atoms with Crippen molar-refractivity contribution < 1.29 is 18.0 Å². The van der Waals surface area contributed by atoms with Gasteiger partial charge in [0, 0.05) is 23.4 Å². The molecule has 0 bridgehead atoms. The number of nitrogens with one attached hydrogen (secondary N) is 2. The van der Waals surface area contributed by atoms with Crippen molar-refractivity contribution in [2.45, 2.75) is 51.1 Å². The van der Waals surface area contributed by atoms with Gasteiger partial charge in [-0.25, -0.2) is 18.6 Å². The molecule has 1 fully saturated rings. The maximum Gasteiger partial charge on any atom is 0.315 e. The third-order valence-corrected chi connectivity index (χ3v) is 4.19. The highest BCUT2D eigenvalue weighted by molar-refractivity contribution is 5.74. The van der Waals surface area contributed by atoms with Crippen molar-refractivity contribution >= 4 is 6.03 Å². The van der Waals surface area contributed by atoms with Gasteiger partial charge in [0.15, 0.2) is 0 Å². The summed E-state index contributed by atoms with van der Waals surface area (Å²) in [6.07, 6.45) is 2.21. The lowest BCUT2D eigenvalue weighted by Gasteiger charge is -2.13. The summed E-state index contributed by atoms with van der Waals surface area (Å²) in [6.45, 7) is 6.24. The number of hydrogen-bond acceptors (Lipinski definition) is 3. The first kappa shape index (κ1) is 17.4. The lowest BCUT2D eigenvalue weighted by molar-refractivity contribution is 0.238. The van der Waals surface area contributed by atoms with Gasteiger partial charge in [-0.15, -0.1) is 0 Å². The van der Waals surface area contributed by atoms with E-state index in [9.17, 15) is 13.6 Å². The molecule has 2 amide bonds. The van der Waals surface area contributed by atoms with Gasteiger partial charge in [-0.1, -0.05) is 26.8 Å². The second kappa shape index (κ2) is 6.46. The number of aromatic nitrogens is 1. The molecular formula is C18H21F2N3O2. The van der Waals surface area contributed by atoms with Crippen LogP contribution in [0.15, 0.2) is 28.9 Å². The van der Waals surface area contributed by atoms with Gasteiger partial charge in [0.05, 0.1) is 12.2 Å². The molecule has 1 aliphatic rings. The summed E-state index contributed by atoms with van der Waals surface area (Å²) in [5.74, 6) is -0.883. The molecule has 2 aromatic rings. The van der Waals surface area contributed by atoms with Gasteiger partial charge in [-0.2, -0.15) is 0 Å². The van der Waals surface area contributed by atoms with Crippen molar-refractivity contribution in [3.63, 3.8) is 0 Å². The van der Waals surface area contributed by atoms with Crippen molar-refractivity contribution in [1.29, 1.82) is 0 Å². The number of rotatable bonds is 4. The molecule has 1 saturated carbocycles. The average Bonchev–Trinajstić information content (AvgIpc) is 3.08. The van der Waals surface area contributed by atoms with Crippen LogP contribution < -0.4 is 10.6 Å². The van der Waals surface area contributed by atoms with E-state index in [1.807, 2.05) is 20.8 Å². The Bertz CT molecular complexity index is 783. The van der Waals surface area contributed by atoms with Crippen molar-refractivity contribution in [3.05, 3.63) is 53.2 Å². The van der Waals surface area contributed by atoms with E-state index in [-0.39, 0.29) is 30.0 Å². The topological polar surface area (TPSA) is 67.2 Å². The molecule has 7 heteroatoms. The Morgan fingerprint density at radius 2 is 2.12 bits per heavy atom. The molecule has 25 heavy (non-hydrogen) atoms. The summed E-state index contributed by atoms with van der Waals surface area (Å²) in [6, 6.07) is 2.99. The molecule has 2 atom stereocenters. The van der Waals surface area contributed by atoms with Crippen LogP contribution >= 0.6 is 0 Å². The molecule has 1 aliphatic carbocycles. The summed E-state index contributed by atoms with van der Waals surface area (Å²) in [7, 11) is 0. The van der Waals surface area contributed by atoms with Crippen LogP contribution in [-0.4, -0.2) is 17.1 Å². The fraction of sp³-hybridized carbons (Fsp3) is 0.444. The Balaban J connectivity index is 1.48. The first-order valence-electron chi connectivity index (χ1n) is 8.18. The zero-order valence-electron chi connectivity index (χ0n) is 14.4. The summed E-state index contributed by atoms with van der Waals surface area (Å²) >= 11 is 0. The zero-order chi connectivity index (χ0) is 18.2. The molecule has 0 radical (unpaired) electrons. The number of oxazole rings is 1. The molecule has 0 spiro atoms. The van der Waals surface area contributed by atoms with E-state index in [4.69, 9.17) is 4.42 Å². The molecular weight excluding hydrogens is 328 g/mol. The van der Waals surface area contributed by atoms with Crippen molar-refractivity contribution in [2.75, 3.05) is 0 Å². The van der Waals surface area contributed by atoms with Gasteiger partial charge in [-0.3, -0.25) is 0 Å². The van der Waals surface area contributed by atoms with Crippen LogP contribution in [0.1, 0.15) is 50.3 Å². The lowest BCUT2D eigenvalue weighted by Crippen LogP contribution is -2.37. The maximum atomic E-state index is 13.7. The van der Waals surface area contributed by atoms with Crippen LogP contribution in [0.4, 0.5) is 13.6 Å². The van der Waals surface area contributed by atoms with Gasteiger partial charge in [0.25, 0.3) is 0 Å². The normalized spacial score (nSPS) is 19.6. The summed E-state index contributed by atoms with van der Waals surface area (Å²) in [5, 5.41) is 5.44. The predicted octanol–water partition coefficient (Wildman–Crippen LogP) is 3.61. The van der Waals surface area contributed by atoms with Crippen LogP contribution in [0.3, 0.4) is 0 Å². The van der Waals surface area contributed by atoms with Gasteiger partial charge in [0.1, 0.15) is 17.9 Å². The Morgan fingerprint density at radius 1 is 1.36 bits per heavy atom. The minimum Gasteiger partial charge on any atom is -0.447 e. The first-order valence-corrected chi connectivity index (χ1v) is 8.18. The fourth-order valence-electron chi connectivity index (χ4n) is 2.61.